The Bertz CT molecular complexity index is 1090. The number of hydrogen-bond acceptors (Lipinski definition) is 2. The molecule has 2 unspecified atom stereocenters. The summed E-state index contributed by atoms with van der Waals surface area (Å²) in [5.74, 6) is 1.32. The van der Waals surface area contributed by atoms with Crippen molar-refractivity contribution in [3.05, 3.63) is 94.5 Å². The summed E-state index contributed by atoms with van der Waals surface area (Å²) >= 11 is 0. The number of benzene rings is 3. The molecule has 0 aliphatic carbocycles. The molecule has 2 atom stereocenters. The minimum absolute atomic E-state index is 0.141. The monoisotopic (exact) mass is 438 g/mol. The molecule has 5 rings (SSSR count). The highest BCUT2D eigenvalue weighted by Gasteiger charge is 2.32. The van der Waals surface area contributed by atoms with Crippen LogP contribution in [0, 0.1) is 0 Å². The summed E-state index contributed by atoms with van der Waals surface area (Å²) in [5, 5.41) is 7.52. The van der Waals surface area contributed by atoms with Crippen molar-refractivity contribution in [2.24, 2.45) is 0 Å². The second kappa shape index (κ2) is 7.94. The number of anilines is 2. The molecule has 2 N–H and O–H groups in total. The van der Waals surface area contributed by atoms with Gasteiger partial charge in [0.25, 0.3) is 0 Å². The molecule has 0 spiro atoms. The van der Waals surface area contributed by atoms with Gasteiger partial charge in [0.1, 0.15) is 0 Å². The fourth-order valence-corrected chi connectivity index (χ4v) is 6.37. The third kappa shape index (κ3) is 4.28. The first kappa shape index (κ1) is 22.1. The molecule has 2 heterocycles. The van der Waals surface area contributed by atoms with Crippen LogP contribution in [-0.4, -0.2) is 11.1 Å². The van der Waals surface area contributed by atoms with Gasteiger partial charge in [-0.05, 0) is 92.3 Å². The maximum absolute atomic E-state index is 3.76. The molecule has 2 aliphatic rings. The maximum atomic E-state index is 3.76. The first-order valence-electron chi connectivity index (χ1n) is 12.5. The van der Waals surface area contributed by atoms with E-state index in [2.05, 4.69) is 119 Å². The molecule has 3 aromatic rings. The summed E-state index contributed by atoms with van der Waals surface area (Å²) in [6.45, 7) is 14.0. The average Bonchev–Trinajstić information content (AvgIpc) is 2.74. The van der Waals surface area contributed by atoms with Crippen LogP contribution in [0.15, 0.2) is 66.7 Å². The van der Waals surface area contributed by atoms with Gasteiger partial charge in [-0.3, -0.25) is 0 Å². The van der Waals surface area contributed by atoms with Crippen LogP contribution in [-0.2, 0) is 0 Å². The Morgan fingerprint density at radius 3 is 1.55 bits per heavy atom. The summed E-state index contributed by atoms with van der Waals surface area (Å²) in [7, 11) is 0. The number of nitrogens with one attached hydrogen (secondary N) is 2. The van der Waals surface area contributed by atoms with Crippen molar-refractivity contribution in [1.29, 1.82) is 0 Å². The van der Waals surface area contributed by atoms with Crippen LogP contribution >= 0.6 is 0 Å². The minimum Gasteiger partial charge on any atom is -0.380 e. The van der Waals surface area contributed by atoms with E-state index in [9.17, 15) is 0 Å². The van der Waals surface area contributed by atoms with Crippen LogP contribution in [0.2, 0.25) is 0 Å². The second-order valence-electron chi connectivity index (χ2n) is 11.8. The van der Waals surface area contributed by atoms with Gasteiger partial charge >= 0.3 is 0 Å². The van der Waals surface area contributed by atoms with Crippen molar-refractivity contribution in [2.75, 3.05) is 10.6 Å². The third-order valence-electron chi connectivity index (χ3n) is 7.59. The molecule has 33 heavy (non-hydrogen) atoms. The Hall–Kier alpha value is -2.74. The van der Waals surface area contributed by atoms with Crippen LogP contribution < -0.4 is 10.6 Å². The molecule has 2 nitrogen and oxygen atoms in total. The molecule has 0 fully saturated rings. The largest absolute Gasteiger partial charge is 0.380 e. The van der Waals surface area contributed by atoms with E-state index in [0.717, 1.165) is 12.8 Å². The Labute approximate surface area is 199 Å². The summed E-state index contributed by atoms with van der Waals surface area (Å²) in [6.07, 6.45) is 2.30. The third-order valence-corrected chi connectivity index (χ3v) is 7.59. The first-order chi connectivity index (χ1) is 15.6. The quantitative estimate of drug-likeness (QED) is 0.402. The molecular formula is C31H38N2. The molecule has 0 saturated carbocycles. The lowest BCUT2D eigenvalue weighted by molar-refractivity contribution is 0.454. The topological polar surface area (TPSA) is 24.1 Å². The Kier molecular flexibility index (Phi) is 5.31. The van der Waals surface area contributed by atoms with Gasteiger partial charge in [-0.15, -0.1) is 0 Å². The van der Waals surface area contributed by atoms with Crippen molar-refractivity contribution in [2.45, 2.75) is 83.2 Å². The van der Waals surface area contributed by atoms with Crippen LogP contribution in [0.25, 0.3) is 0 Å². The van der Waals surface area contributed by atoms with Crippen LogP contribution in [0.4, 0.5) is 11.4 Å². The molecule has 3 aromatic carbocycles. The van der Waals surface area contributed by atoms with Crippen molar-refractivity contribution in [3.63, 3.8) is 0 Å². The van der Waals surface area contributed by atoms with Gasteiger partial charge in [0, 0.05) is 28.4 Å². The van der Waals surface area contributed by atoms with Gasteiger partial charge in [0.05, 0.1) is 0 Å². The van der Waals surface area contributed by atoms with Gasteiger partial charge in [0.15, 0.2) is 0 Å². The van der Waals surface area contributed by atoms with Crippen molar-refractivity contribution >= 4 is 11.4 Å². The molecule has 0 radical (unpaired) electrons. The normalized spacial score (nSPS) is 23.5. The van der Waals surface area contributed by atoms with E-state index in [0.29, 0.717) is 11.8 Å². The van der Waals surface area contributed by atoms with Gasteiger partial charge in [-0.25, -0.2) is 0 Å². The highest BCUT2D eigenvalue weighted by molar-refractivity contribution is 5.62. The summed E-state index contributed by atoms with van der Waals surface area (Å²) in [6, 6.07) is 25.2. The molecule has 0 aromatic heterocycles. The number of fused-ring (bicyclic) bond motifs is 2. The van der Waals surface area contributed by atoms with Gasteiger partial charge in [-0.2, -0.15) is 0 Å². The zero-order valence-corrected chi connectivity index (χ0v) is 21.0. The first-order valence-corrected chi connectivity index (χ1v) is 12.5. The molecule has 2 aliphatic heterocycles. The molecular weight excluding hydrogens is 400 g/mol. The fraction of sp³-hybridized carbons (Fsp3) is 0.419. The predicted octanol–water partition coefficient (Wildman–Crippen LogP) is 8.26. The molecule has 0 amide bonds. The smallest absolute Gasteiger partial charge is 0.0379 e. The van der Waals surface area contributed by atoms with Gasteiger partial charge in [0.2, 0.25) is 0 Å². The lowest BCUT2D eigenvalue weighted by atomic mass is 9.77. The molecule has 172 valence electrons. The zero-order chi connectivity index (χ0) is 23.4. The van der Waals surface area contributed by atoms with E-state index in [4.69, 9.17) is 0 Å². The van der Waals surface area contributed by atoms with Gasteiger partial charge < -0.3 is 10.6 Å². The SMILES string of the molecule is CC1CC(C)(C)Nc2ccc(C(c3ccccc3)c3ccc4c(c3)C(C)CC(C)(C)N4)cc21. The lowest BCUT2D eigenvalue weighted by Gasteiger charge is -2.39. The highest BCUT2D eigenvalue weighted by Crippen LogP contribution is 2.44. The minimum atomic E-state index is 0.141. The maximum Gasteiger partial charge on any atom is 0.0379 e. The Morgan fingerprint density at radius 1 is 0.636 bits per heavy atom. The van der Waals surface area contributed by atoms with Gasteiger partial charge in [-0.1, -0.05) is 68.4 Å². The second-order valence-corrected chi connectivity index (χ2v) is 11.8. The van der Waals surface area contributed by atoms with E-state index in [1.807, 2.05) is 0 Å². The standard InChI is InChI=1S/C31H38N2/c1-20-18-30(3,4)32-27-14-12-23(16-25(20)27)29(22-10-8-7-9-11-22)24-13-15-28-26(17-24)21(2)19-31(5,6)33-28/h7-17,20-21,29,32-33H,18-19H2,1-6H3. The van der Waals surface area contributed by atoms with E-state index in [1.54, 1.807) is 0 Å². The average molecular weight is 439 g/mol. The highest BCUT2D eigenvalue weighted by atomic mass is 15.0. The zero-order valence-electron chi connectivity index (χ0n) is 21.0. The van der Waals surface area contributed by atoms with Crippen LogP contribution in [0.5, 0.6) is 0 Å². The van der Waals surface area contributed by atoms with Crippen molar-refractivity contribution in [1.82, 2.24) is 0 Å². The van der Waals surface area contributed by atoms with E-state index in [-0.39, 0.29) is 17.0 Å². The van der Waals surface area contributed by atoms with Crippen LogP contribution in [0.1, 0.15) is 100.0 Å². The molecule has 0 bridgehead atoms. The van der Waals surface area contributed by atoms with Crippen LogP contribution in [0.3, 0.4) is 0 Å². The number of rotatable bonds is 3. The predicted molar refractivity (Wildman–Crippen MR) is 142 cm³/mol. The summed E-state index contributed by atoms with van der Waals surface area (Å²) in [4.78, 5) is 0. The fourth-order valence-electron chi connectivity index (χ4n) is 6.37. The van der Waals surface area contributed by atoms with Crippen molar-refractivity contribution < 1.29 is 0 Å². The number of hydrogen-bond donors (Lipinski definition) is 2. The Morgan fingerprint density at radius 2 is 1.09 bits per heavy atom. The van der Waals surface area contributed by atoms with E-state index in [1.165, 1.54) is 39.2 Å². The molecule has 2 heteroatoms. The summed E-state index contributed by atoms with van der Waals surface area (Å²) in [5.41, 5.74) is 9.87. The van der Waals surface area contributed by atoms with E-state index >= 15 is 0 Å². The summed E-state index contributed by atoms with van der Waals surface area (Å²) < 4.78 is 0. The molecule has 0 saturated heterocycles. The Balaban J connectivity index is 1.61. The van der Waals surface area contributed by atoms with E-state index < -0.39 is 0 Å². The lowest BCUT2D eigenvalue weighted by Crippen LogP contribution is -2.36. The van der Waals surface area contributed by atoms with Crippen molar-refractivity contribution in [3.8, 4) is 0 Å².